The third-order valence-electron chi connectivity index (χ3n) is 3.96. The lowest BCUT2D eigenvalue weighted by molar-refractivity contribution is -0.142. The van der Waals surface area contributed by atoms with Gasteiger partial charge in [-0.15, -0.1) is 11.3 Å². The summed E-state index contributed by atoms with van der Waals surface area (Å²) in [7, 11) is 0. The van der Waals surface area contributed by atoms with Crippen LogP contribution in [0, 0.1) is 0 Å². The summed E-state index contributed by atoms with van der Waals surface area (Å²) in [4.78, 5) is 15.3. The molecule has 1 atom stereocenters. The molecule has 0 aliphatic carbocycles. The quantitative estimate of drug-likeness (QED) is 0.781. The molecule has 2 aromatic rings. The van der Waals surface area contributed by atoms with E-state index in [-0.39, 0.29) is 18.6 Å². The second kappa shape index (κ2) is 7.57. The molecule has 1 aliphatic rings. The Morgan fingerprint density at radius 1 is 1.44 bits per heavy atom. The highest BCUT2D eigenvalue weighted by atomic mass is 32.1. The van der Waals surface area contributed by atoms with Gasteiger partial charge >= 0.3 is 6.18 Å². The van der Waals surface area contributed by atoms with Crippen molar-refractivity contribution in [2.75, 3.05) is 13.2 Å². The Morgan fingerprint density at radius 2 is 2.28 bits per heavy atom. The lowest BCUT2D eigenvalue weighted by Crippen LogP contribution is -2.38. The normalized spacial score (nSPS) is 17.8. The summed E-state index contributed by atoms with van der Waals surface area (Å²) in [6, 6.07) is 4.70. The van der Waals surface area contributed by atoms with E-state index in [1.54, 1.807) is 4.90 Å². The van der Waals surface area contributed by atoms with Crippen molar-refractivity contribution < 1.29 is 22.7 Å². The molecule has 0 bridgehead atoms. The molecule has 136 valence electrons. The Balaban J connectivity index is 1.68. The van der Waals surface area contributed by atoms with Gasteiger partial charge in [-0.05, 0) is 30.4 Å². The monoisotopic (exact) mass is 373 g/mol. The lowest BCUT2D eigenvalue weighted by atomic mass is 10.2. The number of amides is 1. The van der Waals surface area contributed by atoms with Gasteiger partial charge in [-0.3, -0.25) is 9.48 Å². The molecular formula is C16H18F3N3O2S. The van der Waals surface area contributed by atoms with Crippen LogP contribution in [0.25, 0.3) is 0 Å². The van der Waals surface area contributed by atoms with E-state index in [0.29, 0.717) is 19.7 Å². The van der Waals surface area contributed by atoms with Crippen LogP contribution >= 0.6 is 11.3 Å². The van der Waals surface area contributed by atoms with Crippen LogP contribution in [-0.4, -0.2) is 39.8 Å². The highest BCUT2D eigenvalue weighted by Gasteiger charge is 2.34. The summed E-state index contributed by atoms with van der Waals surface area (Å²) < 4.78 is 44.5. The minimum absolute atomic E-state index is 0.0210. The number of rotatable bonds is 6. The van der Waals surface area contributed by atoms with Crippen molar-refractivity contribution in [2.45, 2.75) is 38.2 Å². The van der Waals surface area contributed by atoms with E-state index in [4.69, 9.17) is 4.74 Å². The minimum Gasteiger partial charge on any atom is -0.376 e. The number of thiophene rings is 1. The number of hydrogen-bond acceptors (Lipinski definition) is 4. The first-order valence-electron chi connectivity index (χ1n) is 7.94. The van der Waals surface area contributed by atoms with E-state index >= 15 is 0 Å². The van der Waals surface area contributed by atoms with Crippen LogP contribution in [0.3, 0.4) is 0 Å². The van der Waals surface area contributed by atoms with Crippen molar-refractivity contribution in [1.29, 1.82) is 0 Å². The molecule has 2 aromatic heterocycles. The number of carbonyl (C=O) groups excluding carboxylic acids is 1. The third kappa shape index (κ3) is 4.82. The Kier molecular flexibility index (Phi) is 5.43. The molecule has 1 fully saturated rings. The Bertz CT molecular complexity index is 694. The van der Waals surface area contributed by atoms with Crippen LogP contribution in [-0.2, 0) is 28.8 Å². The second-order valence-corrected chi connectivity index (χ2v) is 6.92. The summed E-state index contributed by atoms with van der Waals surface area (Å²) in [5, 5.41) is 5.37. The van der Waals surface area contributed by atoms with E-state index in [9.17, 15) is 18.0 Å². The van der Waals surface area contributed by atoms with Crippen LogP contribution in [0.15, 0.2) is 29.8 Å². The SMILES string of the molecule is O=C(Cn1ccc(C(F)(F)F)n1)N(Cc1cccs1)CC1CCCO1. The number of halogens is 3. The van der Waals surface area contributed by atoms with Gasteiger partial charge in [-0.2, -0.15) is 18.3 Å². The van der Waals surface area contributed by atoms with Gasteiger partial charge < -0.3 is 9.64 Å². The van der Waals surface area contributed by atoms with Crippen LogP contribution in [0.4, 0.5) is 13.2 Å². The number of hydrogen-bond donors (Lipinski definition) is 0. The van der Waals surface area contributed by atoms with Gasteiger partial charge in [0.1, 0.15) is 6.54 Å². The van der Waals surface area contributed by atoms with E-state index < -0.39 is 11.9 Å². The zero-order valence-electron chi connectivity index (χ0n) is 13.4. The predicted octanol–water partition coefficient (Wildman–Crippen LogP) is 3.17. The number of alkyl halides is 3. The lowest BCUT2D eigenvalue weighted by Gasteiger charge is -2.25. The average molecular weight is 373 g/mol. The molecule has 1 saturated heterocycles. The zero-order valence-corrected chi connectivity index (χ0v) is 14.2. The van der Waals surface area contributed by atoms with Crippen molar-refractivity contribution in [2.24, 2.45) is 0 Å². The van der Waals surface area contributed by atoms with E-state index in [0.717, 1.165) is 28.5 Å². The summed E-state index contributed by atoms with van der Waals surface area (Å²) in [6.45, 7) is 1.31. The molecule has 0 spiro atoms. The fourth-order valence-corrected chi connectivity index (χ4v) is 3.44. The van der Waals surface area contributed by atoms with Crippen LogP contribution in [0.5, 0.6) is 0 Å². The summed E-state index contributed by atoms with van der Waals surface area (Å²) in [5.74, 6) is -0.277. The fourth-order valence-electron chi connectivity index (χ4n) is 2.72. The number of aromatic nitrogens is 2. The molecule has 1 unspecified atom stereocenters. The van der Waals surface area contributed by atoms with Gasteiger partial charge in [0, 0.05) is 24.2 Å². The molecule has 1 amide bonds. The van der Waals surface area contributed by atoms with Crippen LogP contribution in [0.1, 0.15) is 23.4 Å². The van der Waals surface area contributed by atoms with E-state index in [1.165, 1.54) is 17.5 Å². The van der Waals surface area contributed by atoms with Crippen molar-refractivity contribution in [3.05, 3.63) is 40.3 Å². The molecule has 25 heavy (non-hydrogen) atoms. The Labute approximate surface area is 147 Å². The predicted molar refractivity (Wildman–Crippen MR) is 85.9 cm³/mol. The minimum atomic E-state index is -4.51. The molecule has 0 aromatic carbocycles. The van der Waals surface area contributed by atoms with Crippen molar-refractivity contribution in [3.63, 3.8) is 0 Å². The Hall–Kier alpha value is -1.87. The molecule has 5 nitrogen and oxygen atoms in total. The number of carbonyl (C=O) groups is 1. The number of ether oxygens (including phenoxy) is 1. The topological polar surface area (TPSA) is 47.4 Å². The standard InChI is InChI=1S/C16H18F3N3O2S/c17-16(18,19)14-5-6-22(20-14)11-15(23)21(9-12-3-1-7-24-12)10-13-4-2-8-25-13/h2,4-6,8,12H,1,3,7,9-11H2. The van der Waals surface area contributed by atoms with Crippen molar-refractivity contribution >= 4 is 17.2 Å². The molecule has 1 aliphatic heterocycles. The largest absolute Gasteiger partial charge is 0.435 e. The molecule has 3 heterocycles. The van der Waals surface area contributed by atoms with Gasteiger partial charge in [-0.1, -0.05) is 6.07 Å². The first-order chi connectivity index (χ1) is 11.9. The van der Waals surface area contributed by atoms with Crippen LogP contribution in [0.2, 0.25) is 0 Å². The molecule has 3 rings (SSSR count). The highest BCUT2D eigenvalue weighted by Crippen LogP contribution is 2.27. The van der Waals surface area contributed by atoms with Gasteiger partial charge in [0.2, 0.25) is 5.91 Å². The second-order valence-electron chi connectivity index (χ2n) is 5.88. The molecule has 0 saturated carbocycles. The average Bonchev–Trinajstić information content (AvgIpc) is 3.28. The summed E-state index contributed by atoms with van der Waals surface area (Å²) >= 11 is 1.53. The molecule has 0 N–H and O–H groups in total. The smallest absolute Gasteiger partial charge is 0.376 e. The first kappa shape index (κ1) is 17.9. The van der Waals surface area contributed by atoms with Gasteiger partial charge in [0.25, 0.3) is 0 Å². The fraction of sp³-hybridized carbons (Fsp3) is 0.500. The molecular weight excluding hydrogens is 355 g/mol. The molecule has 9 heteroatoms. The first-order valence-corrected chi connectivity index (χ1v) is 8.82. The van der Waals surface area contributed by atoms with Gasteiger partial charge in [0.15, 0.2) is 5.69 Å². The number of nitrogens with zero attached hydrogens (tertiary/aromatic N) is 3. The van der Waals surface area contributed by atoms with Crippen molar-refractivity contribution in [1.82, 2.24) is 14.7 Å². The van der Waals surface area contributed by atoms with Gasteiger partial charge in [-0.25, -0.2) is 0 Å². The maximum absolute atomic E-state index is 12.6. The van der Waals surface area contributed by atoms with Gasteiger partial charge in [0.05, 0.1) is 12.6 Å². The summed E-state index contributed by atoms with van der Waals surface area (Å²) in [6.07, 6.45) is -1.51. The maximum Gasteiger partial charge on any atom is 0.435 e. The Morgan fingerprint density at radius 3 is 2.88 bits per heavy atom. The van der Waals surface area contributed by atoms with Crippen LogP contribution < -0.4 is 0 Å². The highest BCUT2D eigenvalue weighted by molar-refractivity contribution is 7.09. The zero-order chi connectivity index (χ0) is 17.9. The van der Waals surface area contributed by atoms with E-state index in [1.807, 2.05) is 17.5 Å². The maximum atomic E-state index is 12.6. The van der Waals surface area contributed by atoms with E-state index in [2.05, 4.69) is 5.10 Å². The summed E-state index contributed by atoms with van der Waals surface area (Å²) in [5.41, 5.74) is -0.996. The third-order valence-corrected chi connectivity index (χ3v) is 4.82. The molecule has 0 radical (unpaired) electrons. The van der Waals surface area contributed by atoms with Crippen molar-refractivity contribution in [3.8, 4) is 0 Å².